The third-order valence-electron chi connectivity index (χ3n) is 6.16. The Kier molecular flexibility index (Phi) is 10.6. The molecule has 6 rings (SSSR count). The number of halogens is 4. The van der Waals surface area contributed by atoms with E-state index < -0.39 is 10.8 Å². The van der Waals surface area contributed by atoms with E-state index >= 15 is 0 Å². The fraction of sp³-hybridized carbons (Fsp3) is 0.222. The van der Waals surface area contributed by atoms with Crippen molar-refractivity contribution in [2.45, 2.75) is 41.5 Å². The van der Waals surface area contributed by atoms with E-state index in [1.165, 1.54) is 44.4 Å². The van der Waals surface area contributed by atoms with Gasteiger partial charge in [-0.05, 0) is 111 Å². The average Bonchev–Trinajstić information content (AvgIpc) is 3.56. The molecule has 38 heavy (non-hydrogen) atoms. The molecule has 0 fully saturated rings. The molecule has 0 bridgehead atoms. The first-order valence-corrected chi connectivity index (χ1v) is 20.6. The number of imidazole rings is 3. The van der Waals surface area contributed by atoms with E-state index in [1.54, 1.807) is 12.7 Å². The zero-order valence-electron chi connectivity index (χ0n) is 22.0. The Bertz CT molecular complexity index is 1350. The summed E-state index contributed by atoms with van der Waals surface area (Å²) in [5.41, 5.74) is 14.5. The molecular formula is C27H31Cl4N6Ru. The van der Waals surface area contributed by atoms with Gasteiger partial charge in [-0.2, -0.15) is 0 Å². The third-order valence-corrected chi connectivity index (χ3v) is 6.16. The predicted molar refractivity (Wildman–Crippen MR) is 159 cm³/mol. The summed E-state index contributed by atoms with van der Waals surface area (Å²) in [5, 5.41) is 0. The average molecular weight is 682 g/mol. The van der Waals surface area contributed by atoms with Crippen LogP contribution in [0.2, 0.25) is 0 Å². The van der Waals surface area contributed by atoms with Gasteiger partial charge in [-0.15, -0.1) is 0 Å². The van der Waals surface area contributed by atoms with Crippen molar-refractivity contribution in [3.63, 3.8) is 0 Å². The van der Waals surface area contributed by atoms with Crippen molar-refractivity contribution >= 4 is 71.9 Å². The van der Waals surface area contributed by atoms with Crippen LogP contribution < -0.4 is 4.98 Å². The normalized spacial score (nSPS) is 11.3. The number of rotatable bonds is 0. The summed E-state index contributed by atoms with van der Waals surface area (Å²) in [6, 6.07) is 12.8. The topological polar surface area (TPSA) is 87.3 Å². The first-order chi connectivity index (χ1) is 17.8. The Labute approximate surface area is 241 Å². The van der Waals surface area contributed by atoms with Gasteiger partial charge in [0.15, 0.2) is 11.0 Å². The zero-order valence-corrected chi connectivity index (χ0v) is 26.7. The van der Waals surface area contributed by atoms with Gasteiger partial charge in [0, 0.05) is 0 Å². The van der Waals surface area contributed by atoms with Crippen LogP contribution in [0.4, 0.5) is 0 Å². The van der Waals surface area contributed by atoms with Crippen molar-refractivity contribution in [2.75, 3.05) is 0 Å². The van der Waals surface area contributed by atoms with Crippen LogP contribution in [0.1, 0.15) is 33.4 Å². The van der Waals surface area contributed by atoms with Crippen LogP contribution in [0.15, 0.2) is 55.4 Å². The van der Waals surface area contributed by atoms with E-state index in [2.05, 4.69) is 108 Å². The monoisotopic (exact) mass is 681 g/mol. The van der Waals surface area contributed by atoms with Crippen LogP contribution in [0.3, 0.4) is 0 Å². The van der Waals surface area contributed by atoms with E-state index in [9.17, 15) is 0 Å². The summed E-state index contributed by atoms with van der Waals surface area (Å²) in [4.78, 5) is 20.7. The number of hydrogen-bond acceptors (Lipinski definition) is 2. The third kappa shape index (κ3) is 8.96. The molecule has 11 heteroatoms. The summed E-state index contributed by atoms with van der Waals surface area (Å²) < 4.78 is 0. The molecule has 0 atom stereocenters. The second kappa shape index (κ2) is 13.3. The Morgan fingerprint density at radius 3 is 1.37 bits per heavy atom. The summed E-state index contributed by atoms with van der Waals surface area (Å²) >= 11 is 0. The minimum absolute atomic E-state index is 1.05. The van der Waals surface area contributed by atoms with Crippen LogP contribution in [-0.2, 0) is 10.8 Å². The van der Waals surface area contributed by atoms with Gasteiger partial charge in [0.2, 0.25) is 6.33 Å². The molecule has 0 spiro atoms. The Morgan fingerprint density at radius 1 is 0.553 bits per heavy atom. The minimum atomic E-state index is -2.97. The fourth-order valence-electron chi connectivity index (χ4n) is 3.64. The molecule has 0 saturated heterocycles. The molecule has 3 aromatic heterocycles. The van der Waals surface area contributed by atoms with Gasteiger partial charge in [0.05, 0.1) is 34.7 Å². The van der Waals surface area contributed by atoms with E-state index in [-0.39, 0.29) is 0 Å². The first-order valence-electron chi connectivity index (χ1n) is 11.6. The predicted octanol–water partition coefficient (Wildman–Crippen LogP) is 8.71. The van der Waals surface area contributed by atoms with Crippen LogP contribution in [0.25, 0.3) is 33.1 Å². The molecule has 4 N–H and O–H groups in total. The van der Waals surface area contributed by atoms with Crippen molar-refractivity contribution in [2.24, 2.45) is 0 Å². The van der Waals surface area contributed by atoms with Gasteiger partial charge in [0.1, 0.15) is 0 Å². The summed E-state index contributed by atoms with van der Waals surface area (Å²) in [6.07, 6.45) is 5.30. The second-order valence-corrected chi connectivity index (χ2v) is 24.8. The van der Waals surface area contributed by atoms with E-state index in [0.29, 0.717) is 0 Å². The van der Waals surface area contributed by atoms with Gasteiger partial charge in [-0.3, -0.25) is 0 Å². The summed E-state index contributed by atoms with van der Waals surface area (Å²) in [6.45, 7) is 12.7. The van der Waals surface area contributed by atoms with E-state index in [1.807, 2.05) is 6.33 Å². The van der Waals surface area contributed by atoms with Gasteiger partial charge in [-0.1, -0.05) is 0 Å². The Hall–Kier alpha value is -2.15. The number of fused-ring (bicyclic) bond motifs is 3. The maximum atomic E-state index is 5.00. The number of hydrogen-bond donors (Lipinski definition) is 3. The SMILES string of the molecule is Cc1cc2[nH]c[nH+]c2cc1C.Cc1cc2nc[nH]c2cc1C.Cc1cc2nc[nH]c2cc1C.[Cl][Ru-]([Cl])([Cl])[Cl]. The second-order valence-electron chi connectivity index (χ2n) is 8.93. The first kappa shape index (κ1) is 30.4. The maximum absolute atomic E-state index is 5.00. The molecule has 0 unspecified atom stereocenters. The molecular weight excluding hydrogens is 651 g/mol. The van der Waals surface area contributed by atoms with Crippen LogP contribution in [-0.4, -0.2) is 24.9 Å². The molecule has 205 valence electrons. The van der Waals surface area contributed by atoms with Crippen LogP contribution in [0.5, 0.6) is 0 Å². The number of benzene rings is 3. The zero-order chi connectivity index (χ0) is 28.0. The van der Waals surface area contributed by atoms with Gasteiger partial charge in [0.25, 0.3) is 0 Å². The Morgan fingerprint density at radius 2 is 0.921 bits per heavy atom. The Balaban J connectivity index is 0.000000145. The molecule has 3 heterocycles. The number of nitrogens with one attached hydrogen (secondary N) is 4. The van der Waals surface area contributed by atoms with Crippen molar-refractivity contribution < 1.29 is 15.8 Å². The van der Waals surface area contributed by atoms with Gasteiger partial charge < -0.3 is 9.97 Å². The van der Waals surface area contributed by atoms with Crippen LogP contribution >= 0.6 is 38.8 Å². The molecule has 0 radical (unpaired) electrons. The number of aryl methyl sites for hydroxylation is 6. The molecule has 0 aliphatic rings. The number of H-pyrrole nitrogens is 4. The molecule has 0 amide bonds. The number of nitrogens with zero attached hydrogens (tertiary/aromatic N) is 2. The molecule has 0 aliphatic heterocycles. The molecule has 0 saturated carbocycles. The quantitative estimate of drug-likeness (QED) is 0.140. The fourth-order valence-corrected chi connectivity index (χ4v) is 3.64. The number of aromatic amines is 4. The van der Waals surface area contributed by atoms with Gasteiger partial charge >= 0.3 is 49.6 Å². The van der Waals surface area contributed by atoms with Crippen molar-refractivity contribution in [1.29, 1.82) is 0 Å². The molecule has 0 aliphatic carbocycles. The summed E-state index contributed by atoms with van der Waals surface area (Å²) in [5.74, 6) is 0. The van der Waals surface area contributed by atoms with Crippen LogP contribution in [0, 0.1) is 41.5 Å². The van der Waals surface area contributed by atoms with Crippen molar-refractivity contribution in [3.8, 4) is 0 Å². The molecule has 6 nitrogen and oxygen atoms in total. The standard InChI is InChI=1S/3C9H10N2.4ClH.Ru/c3*1-6-3-8-9(4-7(6)2)11-5-10-8;;;;;/h3*3-5H,1-2H3,(H,10,11);4*1H;/q;;;;;;;+3/p-3. The molecule has 6 aromatic rings. The van der Waals surface area contributed by atoms with Gasteiger partial charge in [-0.25, -0.2) is 19.9 Å². The molecule has 3 aromatic carbocycles. The van der Waals surface area contributed by atoms with E-state index in [4.69, 9.17) is 38.8 Å². The van der Waals surface area contributed by atoms with Crippen molar-refractivity contribution in [3.05, 3.63) is 88.8 Å². The summed E-state index contributed by atoms with van der Waals surface area (Å²) in [7, 11) is 17.0. The number of aromatic nitrogens is 6. The van der Waals surface area contributed by atoms with Crippen molar-refractivity contribution in [1.82, 2.24) is 24.9 Å². The van der Waals surface area contributed by atoms with E-state index in [0.717, 1.165) is 22.1 Å².